The topological polar surface area (TPSA) is 92.8 Å². The van der Waals surface area contributed by atoms with Gasteiger partial charge in [0.1, 0.15) is 0 Å². The average molecular weight is 414 g/mol. The molecule has 0 radical (unpaired) electrons. The van der Waals surface area contributed by atoms with Gasteiger partial charge in [0.05, 0.1) is 10.5 Å². The lowest BCUT2D eigenvalue weighted by molar-refractivity contribution is -0.134. The second-order valence-electron chi connectivity index (χ2n) is 6.50. The third-order valence-corrected chi connectivity index (χ3v) is 6.09. The Morgan fingerprint density at radius 3 is 2.52 bits per heavy atom. The van der Waals surface area contributed by atoms with E-state index < -0.39 is 22.6 Å². The van der Waals surface area contributed by atoms with Crippen LogP contribution in [-0.2, 0) is 19.6 Å². The molecule has 0 aromatic heterocycles. The van der Waals surface area contributed by atoms with Crippen molar-refractivity contribution in [3.05, 3.63) is 71.8 Å². The summed E-state index contributed by atoms with van der Waals surface area (Å²) in [7, 11) is -2.38. The van der Waals surface area contributed by atoms with Crippen LogP contribution in [0.15, 0.2) is 65.6 Å². The summed E-state index contributed by atoms with van der Waals surface area (Å²) in [6, 6.07) is 15.5. The Balaban J connectivity index is 1.57. The normalized spacial score (nSPS) is 14.2. The fourth-order valence-corrected chi connectivity index (χ4v) is 3.80. The molecule has 0 atom stereocenters. The zero-order valence-corrected chi connectivity index (χ0v) is 16.8. The van der Waals surface area contributed by atoms with Gasteiger partial charge >= 0.3 is 5.97 Å². The van der Waals surface area contributed by atoms with E-state index in [1.165, 1.54) is 36.9 Å². The second kappa shape index (κ2) is 9.02. The molecule has 0 saturated heterocycles. The molecule has 0 aliphatic carbocycles. The Labute approximate surface area is 170 Å². The fourth-order valence-electron chi connectivity index (χ4n) is 3.02. The number of hydrogen-bond acceptors (Lipinski definition) is 5. The Hall–Kier alpha value is -2.97. The van der Waals surface area contributed by atoms with E-state index in [9.17, 15) is 18.0 Å². The first-order valence-electron chi connectivity index (χ1n) is 9.13. The van der Waals surface area contributed by atoms with Crippen molar-refractivity contribution < 1.29 is 22.7 Å². The molecule has 1 aliphatic heterocycles. The number of carbonyl (C=O) groups excluding carboxylic acids is 2. The molecule has 1 N–H and O–H groups in total. The van der Waals surface area contributed by atoms with Crippen LogP contribution in [0.3, 0.4) is 0 Å². The highest BCUT2D eigenvalue weighted by atomic mass is 32.2. The van der Waals surface area contributed by atoms with Gasteiger partial charge in [0, 0.05) is 13.1 Å². The summed E-state index contributed by atoms with van der Waals surface area (Å²) in [6.45, 7) is 0.611. The van der Waals surface area contributed by atoms with Crippen LogP contribution >= 0.6 is 0 Å². The summed E-state index contributed by atoms with van der Waals surface area (Å²) in [5, 5.41) is 0. The molecule has 0 bridgehead atoms. The number of hydrogen-bond donors (Lipinski definition) is 1. The van der Waals surface area contributed by atoms with Crippen LogP contribution in [-0.4, -0.2) is 51.9 Å². The summed E-state index contributed by atoms with van der Waals surface area (Å²) < 4.78 is 31.0. The van der Waals surface area contributed by atoms with Crippen LogP contribution in [0.2, 0.25) is 0 Å². The van der Waals surface area contributed by atoms with Crippen molar-refractivity contribution in [2.45, 2.75) is 11.3 Å². The molecule has 29 heavy (non-hydrogen) atoms. The fraction of sp³-hybridized carbons (Fsp3) is 0.238. The molecular formula is C21H22N2O5S. The van der Waals surface area contributed by atoms with Gasteiger partial charge < -0.3 is 9.64 Å². The maximum atomic E-state index is 12.4. The molecule has 0 saturated carbocycles. The number of esters is 1. The van der Waals surface area contributed by atoms with Crippen molar-refractivity contribution in [1.29, 1.82) is 0 Å². The Kier molecular flexibility index (Phi) is 6.46. The highest BCUT2D eigenvalue weighted by Gasteiger charge is 2.20. The highest BCUT2D eigenvalue weighted by Crippen LogP contribution is 2.22. The number of rotatable bonds is 6. The van der Waals surface area contributed by atoms with Gasteiger partial charge in [-0.3, -0.25) is 4.79 Å². The number of benzene rings is 2. The Morgan fingerprint density at radius 2 is 1.86 bits per heavy atom. The minimum atomic E-state index is -3.67. The summed E-state index contributed by atoms with van der Waals surface area (Å²) in [4.78, 5) is 26.2. The molecule has 1 aliphatic rings. The minimum absolute atomic E-state index is 0.0459. The number of sulfonamides is 1. The molecule has 0 unspecified atom stereocenters. The molecule has 7 nitrogen and oxygen atoms in total. The van der Waals surface area contributed by atoms with E-state index in [2.05, 4.69) is 4.72 Å². The van der Waals surface area contributed by atoms with E-state index in [4.69, 9.17) is 4.74 Å². The maximum absolute atomic E-state index is 12.4. The Morgan fingerprint density at radius 1 is 1.10 bits per heavy atom. The lowest BCUT2D eigenvalue weighted by atomic mass is 10.00. The number of ether oxygens (including phenoxy) is 1. The molecule has 8 heteroatoms. The molecule has 0 fully saturated rings. The molecular weight excluding hydrogens is 392 g/mol. The van der Waals surface area contributed by atoms with Crippen LogP contribution in [0.25, 0.3) is 5.57 Å². The summed E-state index contributed by atoms with van der Waals surface area (Å²) in [5.41, 5.74) is 2.40. The molecule has 3 rings (SSSR count). The van der Waals surface area contributed by atoms with Crippen LogP contribution in [0.4, 0.5) is 0 Å². The summed E-state index contributed by atoms with van der Waals surface area (Å²) in [5.74, 6) is -1.04. The molecule has 1 amide bonds. The van der Waals surface area contributed by atoms with E-state index in [0.717, 1.165) is 12.0 Å². The smallest absolute Gasteiger partial charge is 0.338 e. The van der Waals surface area contributed by atoms with Crippen molar-refractivity contribution in [2.24, 2.45) is 0 Å². The van der Waals surface area contributed by atoms with E-state index >= 15 is 0 Å². The van der Waals surface area contributed by atoms with E-state index in [1.807, 2.05) is 36.4 Å². The zero-order valence-electron chi connectivity index (χ0n) is 16.0. The van der Waals surface area contributed by atoms with E-state index in [0.29, 0.717) is 13.1 Å². The van der Waals surface area contributed by atoms with Gasteiger partial charge in [0.15, 0.2) is 6.61 Å². The van der Waals surface area contributed by atoms with Crippen molar-refractivity contribution >= 4 is 27.5 Å². The average Bonchev–Trinajstić information content (AvgIpc) is 2.78. The van der Waals surface area contributed by atoms with Crippen molar-refractivity contribution in [3.8, 4) is 0 Å². The van der Waals surface area contributed by atoms with Crippen molar-refractivity contribution in [1.82, 2.24) is 9.62 Å². The van der Waals surface area contributed by atoms with Gasteiger partial charge in [0.2, 0.25) is 10.0 Å². The van der Waals surface area contributed by atoms with Crippen LogP contribution < -0.4 is 4.72 Å². The SMILES string of the molecule is CNS(=O)(=O)c1cccc(C(=O)OCC(=O)N2CC=C(c3ccccc3)CC2)c1. The second-order valence-corrected chi connectivity index (χ2v) is 8.38. The standard InChI is InChI=1S/C21H22N2O5S/c1-22-29(26,27)19-9-5-8-18(14-19)21(25)28-15-20(24)23-12-10-17(11-13-23)16-6-3-2-4-7-16/h2-10,14,22H,11-13,15H2,1H3. The molecule has 0 spiro atoms. The van der Waals surface area contributed by atoms with Gasteiger partial charge in [0.25, 0.3) is 5.91 Å². The quantitative estimate of drug-likeness (QED) is 0.731. The minimum Gasteiger partial charge on any atom is -0.452 e. The third-order valence-electron chi connectivity index (χ3n) is 4.68. The van der Waals surface area contributed by atoms with Crippen LogP contribution in [0, 0.1) is 0 Å². The zero-order chi connectivity index (χ0) is 20.9. The summed E-state index contributed by atoms with van der Waals surface area (Å²) in [6.07, 6.45) is 2.73. The lowest BCUT2D eigenvalue weighted by Gasteiger charge is -2.26. The first-order chi connectivity index (χ1) is 13.9. The van der Waals surface area contributed by atoms with E-state index in [1.54, 1.807) is 4.90 Å². The molecule has 2 aromatic carbocycles. The third kappa shape index (κ3) is 5.10. The predicted octanol–water partition coefficient (Wildman–Crippen LogP) is 2.07. The number of nitrogens with one attached hydrogen (secondary N) is 1. The molecule has 2 aromatic rings. The van der Waals surface area contributed by atoms with Gasteiger partial charge in [-0.15, -0.1) is 0 Å². The first kappa shape index (κ1) is 20.8. The van der Waals surface area contributed by atoms with E-state index in [-0.39, 0.29) is 16.4 Å². The number of carbonyl (C=O) groups is 2. The van der Waals surface area contributed by atoms with Gasteiger partial charge in [-0.2, -0.15) is 0 Å². The van der Waals surface area contributed by atoms with Crippen LogP contribution in [0.1, 0.15) is 22.3 Å². The van der Waals surface area contributed by atoms with Gasteiger partial charge in [-0.05, 0) is 42.8 Å². The number of nitrogens with zero attached hydrogens (tertiary/aromatic N) is 1. The largest absolute Gasteiger partial charge is 0.452 e. The number of amides is 1. The van der Waals surface area contributed by atoms with Crippen molar-refractivity contribution in [3.63, 3.8) is 0 Å². The first-order valence-corrected chi connectivity index (χ1v) is 10.6. The van der Waals surface area contributed by atoms with Crippen LogP contribution in [0.5, 0.6) is 0 Å². The Bertz CT molecular complexity index is 1030. The molecule has 152 valence electrons. The predicted molar refractivity (Wildman–Crippen MR) is 109 cm³/mol. The molecule has 1 heterocycles. The van der Waals surface area contributed by atoms with Gasteiger partial charge in [-0.1, -0.05) is 42.5 Å². The van der Waals surface area contributed by atoms with Gasteiger partial charge in [-0.25, -0.2) is 17.9 Å². The lowest BCUT2D eigenvalue weighted by Crippen LogP contribution is -2.37. The van der Waals surface area contributed by atoms with Crippen molar-refractivity contribution in [2.75, 3.05) is 26.7 Å². The monoisotopic (exact) mass is 414 g/mol. The maximum Gasteiger partial charge on any atom is 0.338 e. The highest BCUT2D eigenvalue weighted by molar-refractivity contribution is 7.89. The summed E-state index contributed by atoms with van der Waals surface area (Å²) >= 11 is 0.